The highest BCUT2D eigenvalue weighted by molar-refractivity contribution is 7.89. The molecule has 1 aromatic rings. The number of sulfonamides is 1. The molecule has 0 saturated carbocycles. The Balaban J connectivity index is 3.22. The van der Waals surface area contributed by atoms with Crippen LogP contribution < -0.4 is 9.46 Å². The number of hydrogen-bond acceptors (Lipinski definition) is 6. The second kappa shape index (κ2) is 13.7. The Hall–Kier alpha value is -2.61. The smallest absolute Gasteiger partial charge is 0.341 e. The number of allylic oxidation sites excluding steroid dienone is 3. The van der Waals surface area contributed by atoms with Crippen molar-refractivity contribution in [2.45, 2.75) is 64.7 Å². The van der Waals surface area contributed by atoms with Crippen LogP contribution >= 0.6 is 0 Å². The predicted octanol–water partition coefficient (Wildman–Crippen LogP) is 4.79. The fourth-order valence-corrected chi connectivity index (χ4v) is 4.24. The Kier molecular flexibility index (Phi) is 11.8. The Morgan fingerprint density at radius 3 is 2.47 bits per heavy atom. The monoisotopic (exact) mass is 465 g/mol. The molecule has 7 nitrogen and oxygen atoms in total. The molecule has 1 unspecified atom stereocenters. The van der Waals surface area contributed by atoms with Crippen LogP contribution in [0.15, 0.2) is 46.5 Å². The quantitative estimate of drug-likeness (QED) is 0.241. The summed E-state index contributed by atoms with van der Waals surface area (Å²) >= 11 is 0. The summed E-state index contributed by atoms with van der Waals surface area (Å²) in [5, 5.41) is 0. The molecule has 1 rings (SSSR count). The Labute approximate surface area is 191 Å². The largest absolute Gasteiger partial charge is 0.492 e. The topological polar surface area (TPSA) is 98.8 Å². The Morgan fingerprint density at radius 1 is 1.19 bits per heavy atom. The van der Waals surface area contributed by atoms with E-state index in [1.807, 2.05) is 26.8 Å². The van der Waals surface area contributed by atoms with Crippen molar-refractivity contribution >= 4 is 22.3 Å². The molecule has 0 spiro atoms. The van der Waals surface area contributed by atoms with Gasteiger partial charge in [0.05, 0.1) is 18.6 Å². The van der Waals surface area contributed by atoms with Crippen molar-refractivity contribution in [3.8, 4) is 5.75 Å². The first-order chi connectivity index (χ1) is 15.2. The third-order valence-electron chi connectivity index (χ3n) is 4.83. The first-order valence-electron chi connectivity index (χ1n) is 10.9. The summed E-state index contributed by atoms with van der Waals surface area (Å²) < 4.78 is 39.2. The maximum atomic E-state index is 12.9. The first-order valence-corrected chi connectivity index (χ1v) is 12.3. The highest BCUT2D eigenvalue weighted by Crippen LogP contribution is 2.26. The average Bonchev–Trinajstić information content (AvgIpc) is 2.77. The van der Waals surface area contributed by atoms with Gasteiger partial charge in [0.25, 0.3) is 10.0 Å². The van der Waals surface area contributed by atoms with Crippen molar-refractivity contribution in [2.24, 2.45) is 5.92 Å². The third-order valence-corrected chi connectivity index (χ3v) is 6.20. The predicted molar refractivity (Wildman–Crippen MR) is 125 cm³/mol. The van der Waals surface area contributed by atoms with Gasteiger partial charge in [-0.3, -0.25) is 4.72 Å². The summed E-state index contributed by atoms with van der Waals surface area (Å²) in [6, 6.07) is 4.13. The summed E-state index contributed by atoms with van der Waals surface area (Å²) in [5.41, 5.74) is 1.32. The van der Waals surface area contributed by atoms with E-state index >= 15 is 0 Å². The maximum absolute atomic E-state index is 12.9. The van der Waals surface area contributed by atoms with Gasteiger partial charge in [0.15, 0.2) is 0 Å². The lowest BCUT2D eigenvalue weighted by atomic mass is 9.99. The standard InChI is InChI=1S/C24H35NO6S/c1-6-8-12-22(18(3)4)25-32(28,29)20-13-14-23(21(16-20)24(27)30-5)31-17-19(10-7-2)11-9-15-26/h8,12-16,19,25H,6-7,9-11,17H2,1-5H3/b12-8-. The van der Waals surface area contributed by atoms with Crippen molar-refractivity contribution in [3.63, 3.8) is 0 Å². The van der Waals surface area contributed by atoms with Crippen LogP contribution in [0.3, 0.4) is 0 Å². The number of hydrogen-bond donors (Lipinski definition) is 1. The van der Waals surface area contributed by atoms with E-state index in [-0.39, 0.29) is 22.1 Å². The van der Waals surface area contributed by atoms with Gasteiger partial charge in [-0.2, -0.15) is 0 Å². The molecule has 0 aliphatic rings. The van der Waals surface area contributed by atoms with E-state index in [9.17, 15) is 18.0 Å². The zero-order valence-corrected chi connectivity index (χ0v) is 20.5. The number of nitrogens with one attached hydrogen (secondary N) is 1. The molecule has 0 bridgehead atoms. The number of benzene rings is 1. The van der Waals surface area contributed by atoms with Crippen LogP contribution in [-0.2, 0) is 19.6 Å². The van der Waals surface area contributed by atoms with Crippen molar-refractivity contribution in [1.82, 2.24) is 4.72 Å². The lowest BCUT2D eigenvalue weighted by Gasteiger charge is -2.18. The highest BCUT2D eigenvalue weighted by atomic mass is 32.2. The molecule has 0 fully saturated rings. The number of methoxy groups -OCH3 is 1. The van der Waals surface area contributed by atoms with Gasteiger partial charge in [-0.1, -0.05) is 31.9 Å². The maximum Gasteiger partial charge on any atom is 0.341 e. The molecule has 178 valence electrons. The minimum atomic E-state index is -3.93. The molecule has 0 radical (unpaired) electrons. The van der Waals surface area contributed by atoms with Gasteiger partial charge < -0.3 is 14.3 Å². The number of rotatable bonds is 14. The van der Waals surface area contributed by atoms with Gasteiger partial charge in [-0.25, -0.2) is 13.2 Å². The number of carbonyl (C=O) groups is 2. The Morgan fingerprint density at radius 2 is 1.91 bits per heavy atom. The molecular weight excluding hydrogens is 430 g/mol. The fourth-order valence-electron chi connectivity index (χ4n) is 3.04. The van der Waals surface area contributed by atoms with Crippen molar-refractivity contribution in [1.29, 1.82) is 0 Å². The molecular formula is C24H35NO6S. The molecule has 1 N–H and O–H groups in total. The van der Waals surface area contributed by atoms with Crippen LogP contribution in [-0.4, -0.2) is 34.4 Å². The molecule has 1 aromatic carbocycles. The molecule has 32 heavy (non-hydrogen) atoms. The van der Waals surface area contributed by atoms with Crippen LogP contribution in [0, 0.1) is 5.92 Å². The van der Waals surface area contributed by atoms with Crippen molar-refractivity contribution in [2.75, 3.05) is 13.7 Å². The number of aldehydes is 1. The lowest BCUT2D eigenvalue weighted by molar-refractivity contribution is -0.108. The first kappa shape index (κ1) is 27.4. The zero-order chi connectivity index (χ0) is 24.1. The van der Waals surface area contributed by atoms with Crippen LogP contribution in [0.25, 0.3) is 0 Å². The normalized spacial score (nSPS) is 12.3. The molecule has 0 saturated heterocycles. The van der Waals surface area contributed by atoms with E-state index < -0.39 is 16.0 Å². The van der Waals surface area contributed by atoms with Crippen molar-refractivity contribution < 1.29 is 27.5 Å². The summed E-state index contributed by atoms with van der Waals surface area (Å²) in [5.74, 6) is -0.284. The van der Waals surface area contributed by atoms with E-state index in [0.29, 0.717) is 25.1 Å². The number of esters is 1. The van der Waals surface area contributed by atoms with E-state index in [1.54, 1.807) is 6.08 Å². The van der Waals surface area contributed by atoms with E-state index in [2.05, 4.69) is 11.6 Å². The van der Waals surface area contributed by atoms with Gasteiger partial charge in [0, 0.05) is 12.1 Å². The van der Waals surface area contributed by atoms with Crippen molar-refractivity contribution in [3.05, 3.63) is 47.2 Å². The summed E-state index contributed by atoms with van der Waals surface area (Å²) in [6.45, 7) is 7.95. The van der Waals surface area contributed by atoms with Crippen LogP contribution in [0.5, 0.6) is 5.75 Å². The minimum Gasteiger partial charge on any atom is -0.492 e. The summed E-state index contributed by atoms with van der Waals surface area (Å²) in [7, 11) is -2.70. The van der Waals surface area contributed by atoms with Gasteiger partial charge >= 0.3 is 5.97 Å². The molecule has 0 heterocycles. The second-order valence-corrected chi connectivity index (χ2v) is 9.37. The molecule has 0 aromatic heterocycles. The highest BCUT2D eigenvalue weighted by Gasteiger charge is 2.22. The van der Waals surface area contributed by atoms with Crippen LogP contribution in [0.4, 0.5) is 0 Å². The van der Waals surface area contributed by atoms with Gasteiger partial charge in [-0.15, -0.1) is 0 Å². The van der Waals surface area contributed by atoms with E-state index in [4.69, 9.17) is 9.47 Å². The summed E-state index contributed by atoms with van der Waals surface area (Å²) in [6.07, 6.45) is 8.19. The van der Waals surface area contributed by atoms with Gasteiger partial charge in [0.2, 0.25) is 0 Å². The summed E-state index contributed by atoms with van der Waals surface area (Å²) in [4.78, 5) is 23.0. The molecule has 8 heteroatoms. The van der Waals surface area contributed by atoms with Crippen LogP contribution in [0.1, 0.15) is 70.2 Å². The molecule has 0 amide bonds. The zero-order valence-electron chi connectivity index (χ0n) is 19.6. The minimum absolute atomic E-state index is 0.0314. The molecule has 1 atom stereocenters. The van der Waals surface area contributed by atoms with E-state index in [0.717, 1.165) is 31.1 Å². The number of carbonyl (C=O) groups excluding carboxylic acids is 2. The lowest BCUT2D eigenvalue weighted by Crippen LogP contribution is -2.23. The van der Waals surface area contributed by atoms with Gasteiger partial charge in [0.1, 0.15) is 17.6 Å². The molecule has 0 aliphatic heterocycles. The number of ether oxygens (including phenoxy) is 2. The third kappa shape index (κ3) is 8.49. The Bertz CT molecular complexity index is 930. The fraction of sp³-hybridized carbons (Fsp3) is 0.500. The average molecular weight is 466 g/mol. The van der Waals surface area contributed by atoms with E-state index in [1.165, 1.54) is 25.3 Å². The SMILES string of the molecule is CC/C=C\C(NS(=O)(=O)c1ccc(OCC(CCC)CCC=O)c(C(=O)OC)c1)=C(C)C. The molecule has 0 aliphatic carbocycles. The van der Waals surface area contributed by atoms with Crippen LogP contribution in [0.2, 0.25) is 0 Å². The van der Waals surface area contributed by atoms with Gasteiger partial charge in [-0.05, 0) is 63.3 Å². The second-order valence-electron chi connectivity index (χ2n) is 7.69.